The number of nitrogens with one attached hydrogen (secondary N) is 2. The topological polar surface area (TPSA) is 95.0 Å². The van der Waals surface area contributed by atoms with Crippen LogP contribution >= 0.6 is 0 Å². The summed E-state index contributed by atoms with van der Waals surface area (Å²) in [5.74, 6) is -0.00981. The van der Waals surface area contributed by atoms with Gasteiger partial charge in [-0.15, -0.1) is 0 Å². The number of nitrogens with two attached hydrogens (primary N) is 1. The van der Waals surface area contributed by atoms with E-state index < -0.39 is 6.04 Å². The van der Waals surface area contributed by atoms with E-state index in [2.05, 4.69) is 10.6 Å². The first-order chi connectivity index (χ1) is 11.8. The van der Waals surface area contributed by atoms with Crippen LogP contribution < -0.4 is 16.0 Å². The zero-order valence-corrected chi connectivity index (χ0v) is 15.7. The minimum absolute atomic E-state index is 0.0143. The van der Waals surface area contributed by atoms with Crippen LogP contribution in [0.5, 0.6) is 0 Å². The van der Waals surface area contributed by atoms with Crippen molar-refractivity contribution in [2.24, 2.45) is 11.8 Å². The van der Waals surface area contributed by atoms with E-state index in [1.165, 1.54) is 0 Å². The molecule has 0 saturated carbocycles. The van der Waals surface area contributed by atoms with E-state index in [0.717, 1.165) is 0 Å². The van der Waals surface area contributed by atoms with Gasteiger partial charge in [0.05, 0.1) is 13.2 Å². The second-order valence-corrected chi connectivity index (χ2v) is 7.06. The molecular weight excluding hydrogens is 318 g/mol. The van der Waals surface area contributed by atoms with Crippen molar-refractivity contribution in [2.45, 2.75) is 46.2 Å². The number of amides is 2. The number of hydrogen-bond acceptors (Lipinski definition) is 3. The summed E-state index contributed by atoms with van der Waals surface area (Å²) in [6, 6.07) is 8.31. The fraction of sp³-hybridized carbons (Fsp3) is 0.579. The van der Waals surface area contributed by atoms with Crippen molar-refractivity contribution in [1.29, 1.82) is 0 Å². The SMILES string of the molecule is CC(C)C[C@H](NC(=O)[C@@H]([NH2+]CCO)C(C)C)C(=O)Nc1ccccc1. The minimum Gasteiger partial charge on any atom is -0.391 e. The monoisotopic (exact) mass is 350 g/mol. The van der Waals surface area contributed by atoms with Crippen LogP contribution in [-0.4, -0.2) is 42.2 Å². The van der Waals surface area contributed by atoms with Gasteiger partial charge in [-0.1, -0.05) is 45.9 Å². The first kappa shape index (κ1) is 21.1. The van der Waals surface area contributed by atoms with Crippen LogP contribution in [0.15, 0.2) is 30.3 Å². The minimum atomic E-state index is -0.587. The third-order valence-corrected chi connectivity index (χ3v) is 3.95. The molecule has 0 fully saturated rings. The average Bonchev–Trinajstić information content (AvgIpc) is 2.54. The number of carbonyl (C=O) groups excluding carboxylic acids is 2. The molecule has 1 rings (SSSR count). The molecule has 0 bridgehead atoms. The lowest BCUT2D eigenvalue weighted by molar-refractivity contribution is -0.683. The summed E-state index contributed by atoms with van der Waals surface area (Å²) in [7, 11) is 0. The molecule has 6 heteroatoms. The molecule has 140 valence electrons. The van der Waals surface area contributed by atoms with Crippen molar-refractivity contribution in [1.82, 2.24) is 5.32 Å². The van der Waals surface area contributed by atoms with E-state index in [9.17, 15) is 9.59 Å². The van der Waals surface area contributed by atoms with E-state index in [1.807, 2.05) is 63.3 Å². The molecule has 25 heavy (non-hydrogen) atoms. The van der Waals surface area contributed by atoms with Crippen molar-refractivity contribution < 1.29 is 20.0 Å². The quantitative estimate of drug-likeness (QED) is 0.501. The molecule has 0 radical (unpaired) electrons. The number of aliphatic hydroxyl groups excluding tert-OH is 1. The van der Waals surface area contributed by atoms with E-state index in [1.54, 1.807) is 0 Å². The maximum Gasteiger partial charge on any atom is 0.279 e. The van der Waals surface area contributed by atoms with E-state index in [0.29, 0.717) is 18.7 Å². The van der Waals surface area contributed by atoms with Gasteiger partial charge in [0.2, 0.25) is 5.91 Å². The molecule has 0 aromatic heterocycles. The van der Waals surface area contributed by atoms with Crippen molar-refractivity contribution in [2.75, 3.05) is 18.5 Å². The summed E-state index contributed by atoms with van der Waals surface area (Å²) in [5, 5.41) is 16.6. The van der Waals surface area contributed by atoms with Crippen LogP contribution in [0.4, 0.5) is 5.69 Å². The average molecular weight is 350 g/mol. The predicted molar refractivity (Wildman–Crippen MR) is 99.0 cm³/mol. The van der Waals surface area contributed by atoms with Gasteiger partial charge in [-0.2, -0.15) is 0 Å². The summed E-state index contributed by atoms with van der Waals surface area (Å²) in [4.78, 5) is 25.2. The fourth-order valence-electron chi connectivity index (χ4n) is 2.66. The maximum atomic E-state index is 12.6. The lowest BCUT2D eigenvalue weighted by atomic mass is 10.00. The summed E-state index contributed by atoms with van der Waals surface area (Å²) in [6.07, 6.45) is 0.565. The number of quaternary nitrogens is 1. The number of para-hydroxylation sites is 1. The first-order valence-corrected chi connectivity index (χ1v) is 8.95. The third-order valence-electron chi connectivity index (χ3n) is 3.95. The largest absolute Gasteiger partial charge is 0.391 e. The van der Waals surface area contributed by atoms with Gasteiger partial charge in [0.1, 0.15) is 6.04 Å². The van der Waals surface area contributed by atoms with Gasteiger partial charge in [0.15, 0.2) is 6.04 Å². The van der Waals surface area contributed by atoms with Gasteiger partial charge >= 0.3 is 0 Å². The highest BCUT2D eigenvalue weighted by molar-refractivity contribution is 5.97. The Bertz CT molecular complexity index is 532. The molecule has 0 saturated heterocycles. The van der Waals surface area contributed by atoms with Gasteiger partial charge in [0, 0.05) is 11.6 Å². The zero-order valence-electron chi connectivity index (χ0n) is 15.7. The summed E-state index contributed by atoms with van der Waals surface area (Å²) in [5.41, 5.74) is 0.711. The van der Waals surface area contributed by atoms with Crippen molar-refractivity contribution >= 4 is 17.5 Å². The van der Waals surface area contributed by atoms with E-state index in [4.69, 9.17) is 5.11 Å². The lowest BCUT2D eigenvalue weighted by Gasteiger charge is -2.24. The predicted octanol–water partition coefficient (Wildman–Crippen LogP) is 0.736. The van der Waals surface area contributed by atoms with Crippen LogP contribution in [0.2, 0.25) is 0 Å². The van der Waals surface area contributed by atoms with Gasteiger partial charge in [0.25, 0.3) is 5.91 Å². The van der Waals surface area contributed by atoms with Crippen LogP contribution in [-0.2, 0) is 9.59 Å². The van der Waals surface area contributed by atoms with Crippen molar-refractivity contribution in [3.63, 3.8) is 0 Å². The highest BCUT2D eigenvalue weighted by atomic mass is 16.3. The molecule has 0 unspecified atom stereocenters. The number of rotatable bonds is 10. The molecular formula is C19H32N3O3+. The second-order valence-electron chi connectivity index (χ2n) is 7.06. The van der Waals surface area contributed by atoms with E-state index in [-0.39, 0.29) is 36.3 Å². The standard InChI is InChI=1S/C19H31N3O3/c1-13(2)12-16(18(24)21-15-8-6-5-7-9-15)22-19(25)17(14(3)4)20-10-11-23/h5-9,13-14,16-17,20,23H,10-12H2,1-4H3,(H,21,24)(H,22,25)/p+1/t16-,17-/m0/s1. The van der Waals surface area contributed by atoms with Crippen LogP contribution in [0, 0.1) is 11.8 Å². The number of carbonyl (C=O) groups is 2. The molecule has 0 spiro atoms. The second kappa shape index (κ2) is 10.8. The van der Waals surface area contributed by atoms with Gasteiger partial charge in [-0.05, 0) is 24.5 Å². The molecule has 0 heterocycles. The fourth-order valence-corrected chi connectivity index (χ4v) is 2.66. The Morgan fingerprint density at radius 1 is 1.08 bits per heavy atom. The third kappa shape index (κ3) is 7.67. The molecule has 1 aromatic carbocycles. The Morgan fingerprint density at radius 2 is 1.72 bits per heavy atom. The highest BCUT2D eigenvalue weighted by Gasteiger charge is 2.30. The molecule has 1 aromatic rings. The first-order valence-electron chi connectivity index (χ1n) is 8.95. The van der Waals surface area contributed by atoms with Crippen molar-refractivity contribution in [3.05, 3.63) is 30.3 Å². The normalized spacial score (nSPS) is 13.6. The number of hydrogen-bond donors (Lipinski definition) is 4. The molecule has 0 aliphatic heterocycles. The van der Waals surface area contributed by atoms with E-state index >= 15 is 0 Å². The Labute approximate surface area is 150 Å². The molecule has 2 atom stereocenters. The number of aliphatic hydroxyl groups is 1. The van der Waals surface area contributed by atoms with Gasteiger partial charge in [-0.25, -0.2) is 0 Å². The molecule has 2 amide bonds. The Morgan fingerprint density at radius 3 is 2.24 bits per heavy atom. The van der Waals surface area contributed by atoms with Crippen LogP contribution in [0.1, 0.15) is 34.1 Å². The smallest absolute Gasteiger partial charge is 0.279 e. The number of anilines is 1. The van der Waals surface area contributed by atoms with Crippen LogP contribution in [0.3, 0.4) is 0 Å². The van der Waals surface area contributed by atoms with Gasteiger partial charge in [-0.3, -0.25) is 9.59 Å². The maximum absolute atomic E-state index is 12.6. The molecule has 5 N–H and O–H groups in total. The summed E-state index contributed by atoms with van der Waals surface area (Å²) >= 11 is 0. The van der Waals surface area contributed by atoms with Crippen molar-refractivity contribution in [3.8, 4) is 0 Å². The molecule has 0 aliphatic rings. The van der Waals surface area contributed by atoms with Gasteiger partial charge < -0.3 is 21.1 Å². The lowest BCUT2D eigenvalue weighted by Crippen LogP contribution is -2.94. The Hall–Kier alpha value is -1.92. The zero-order chi connectivity index (χ0) is 18.8. The molecule has 0 aliphatic carbocycles. The van der Waals surface area contributed by atoms with Crippen LogP contribution in [0.25, 0.3) is 0 Å². The Kier molecular flexibility index (Phi) is 9.16. The highest BCUT2D eigenvalue weighted by Crippen LogP contribution is 2.11. The Balaban J connectivity index is 2.79. The number of benzene rings is 1. The summed E-state index contributed by atoms with van der Waals surface area (Å²) < 4.78 is 0. The summed E-state index contributed by atoms with van der Waals surface area (Å²) in [6.45, 7) is 8.43. The molecule has 6 nitrogen and oxygen atoms in total.